The van der Waals surface area contributed by atoms with Crippen molar-refractivity contribution in [1.29, 1.82) is 0 Å². The fraction of sp³-hybridized carbons (Fsp3) is 0.333. The molecule has 1 N–H and O–H groups in total. The first-order chi connectivity index (χ1) is 12.0. The topological polar surface area (TPSA) is 55.2 Å². The monoisotopic (exact) mass is 334 g/mol. The summed E-state index contributed by atoms with van der Waals surface area (Å²) in [6.45, 7) is 6.11. The van der Waals surface area contributed by atoms with Crippen LogP contribution in [0.25, 0.3) is 0 Å². The Balaban J connectivity index is 1.90. The molecular formula is C21H22N2O2. The van der Waals surface area contributed by atoms with E-state index in [-0.39, 0.29) is 22.6 Å². The second-order valence-electron chi connectivity index (χ2n) is 7.27. The molecule has 0 bridgehead atoms. The summed E-state index contributed by atoms with van der Waals surface area (Å²) in [7, 11) is 0. The Bertz CT molecular complexity index is 884. The predicted molar refractivity (Wildman–Crippen MR) is 100 cm³/mol. The summed E-state index contributed by atoms with van der Waals surface area (Å²) < 4.78 is 0. The summed E-state index contributed by atoms with van der Waals surface area (Å²) in [4.78, 5) is 11.4. The number of nitro groups is 1. The molecule has 128 valence electrons. The molecule has 2 aromatic rings. The molecule has 1 heterocycles. The molecule has 0 spiro atoms. The van der Waals surface area contributed by atoms with Crippen molar-refractivity contribution in [3.05, 3.63) is 80.4 Å². The molecule has 4 heteroatoms. The van der Waals surface area contributed by atoms with Gasteiger partial charge >= 0.3 is 0 Å². The number of benzene rings is 2. The molecule has 0 amide bonds. The maximum absolute atomic E-state index is 11.7. The van der Waals surface area contributed by atoms with Gasteiger partial charge in [-0.05, 0) is 55.4 Å². The second-order valence-corrected chi connectivity index (χ2v) is 7.27. The van der Waals surface area contributed by atoms with E-state index in [9.17, 15) is 10.1 Å². The Morgan fingerprint density at radius 3 is 2.56 bits per heavy atom. The van der Waals surface area contributed by atoms with Gasteiger partial charge < -0.3 is 5.32 Å². The molecule has 1 aliphatic heterocycles. The van der Waals surface area contributed by atoms with Gasteiger partial charge in [0.05, 0.1) is 11.0 Å². The van der Waals surface area contributed by atoms with Crippen LogP contribution in [0.5, 0.6) is 0 Å². The maximum atomic E-state index is 11.7. The highest BCUT2D eigenvalue weighted by Crippen LogP contribution is 2.53. The number of hydrogen-bond acceptors (Lipinski definition) is 3. The van der Waals surface area contributed by atoms with Gasteiger partial charge in [-0.15, -0.1) is 0 Å². The third-order valence-corrected chi connectivity index (χ3v) is 5.78. The van der Waals surface area contributed by atoms with Crippen LogP contribution in [-0.4, -0.2) is 4.92 Å². The number of allylic oxidation sites excluding steroid dienone is 2. The molecule has 1 aliphatic carbocycles. The van der Waals surface area contributed by atoms with Gasteiger partial charge in [-0.25, -0.2) is 0 Å². The molecule has 0 saturated heterocycles. The Labute approximate surface area is 147 Å². The lowest BCUT2D eigenvalue weighted by Gasteiger charge is -2.38. The van der Waals surface area contributed by atoms with Crippen LogP contribution in [0.15, 0.2) is 42.5 Å². The van der Waals surface area contributed by atoms with Crippen LogP contribution in [0.1, 0.15) is 46.2 Å². The first kappa shape index (κ1) is 15.9. The van der Waals surface area contributed by atoms with Crippen molar-refractivity contribution < 1.29 is 4.92 Å². The van der Waals surface area contributed by atoms with Crippen LogP contribution >= 0.6 is 0 Å². The van der Waals surface area contributed by atoms with Crippen molar-refractivity contribution >= 4 is 11.4 Å². The highest BCUT2D eigenvalue weighted by Gasteiger charge is 2.41. The normalized spacial score (nSPS) is 23.7. The van der Waals surface area contributed by atoms with E-state index in [4.69, 9.17) is 0 Å². The molecule has 4 rings (SSSR count). The largest absolute Gasteiger partial charge is 0.372 e. The number of nitro benzene ring substituents is 1. The van der Waals surface area contributed by atoms with E-state index >= 15 is 0 Å². The summed E-state index contributed by atoms with van der Waals surface area (Å²) in [6.07, 6.45) is 5.46. The van der Waals surface area contributed by atoms with Gasteiger partial charge in [0.25, 0.3) is 5.69 Å². The van der Waals surface area contributed by atoms with Crippen LogP contribution < -0.4 is 5.32 Å². The molecule has 0 fully saturated rings. The number of fused-ring (bicyclic) bond motifs is 3. The zero-order valence-corrected chi connectivity index (χ0v) is 14.7. The number of hydrogen-bond donors (Lipinski definition) is 1. The first-order valence-electron chi connectivity index (χ1n) is 8.75. The van der Waals surface area contributed by atoms with Gasteiger partial charge in [0, 0.05) is 12.0 Å². The summed E-state index contributed by atoms with van der Waals surface area (Å²) in [5.41, 5.74) is 6.56. The molecule has 2 aromatic carbocycles. The Morgan fingerprint density at radius 2 is 1.88 bits per heavy atom. The zero-order chi connectivity index (χ0) is 17.7. The average Bonchev–Trinajstić information content (AvgIpc) is 3.07. The van der Waals surface area contributed by atoms with Crippen LogP contribution in [0.3, 0.4) is 0 Å². The first-order valence-corrected chi connectivity index (χ1v) is 8.75. The van der Waals surface area contributed by atoms with E-state index in [1.165, 1.54) is 11.1 Å². The number of nitrogens with one attached hydrogen (secondary N) is 1. The highest BCUT2D eigenvalue weighted by molar-refractivity contribution is 5.74. The van der Waals surface area contributed by atoms with Crippen molar-refractivity contribution in [2.45, 2.75) is 39.2 Å². The fourth-order valence-electron chi connectivity index (χ4n) is 4.33. The molecule has 4 nitrogen and oxygen atoms in total. The van der Waals surface area contributed by atoms with E-state index in [2.05, 4.69) is 55.6 Å². The summed E-state index contributed by atoms with van der Waals surface area (Å²) in [5, 5.41) is 15.2. The van der Waals surface area contributed by atoms with Gasteiger partial charge in [-0.2, -0.15) is 0 Å². The average molecular weight is 334 g/mol. The Kier molecular flexibility index (Phi) is 3.64. The van der Waals surface area contributed by atoms with Crippen molar-refractivity contribution in [2.75, 3.05) is 5.32 Å². The standard InChI is InChI=1S/C21H22N2O2/c1-12-7-9-15(10-8-12)20-17-6-4-5-16(17)19-14(3)13(2)11-18(23(24)25)21(19)22-20/h4-5,7-11,16-17,20,22H,6H2,1-3H3/t16-,17+,20-/m1/s1. The predicted octanol–water partition coefficient (Wildman–Crippen LogP) is 5.35. The lowest BCUT2D eigenvalue weighted by atomic mass is 9.74. The number of anilines is 1. The minimum absolute atomic E-state index is 0.0916. The Hall–Kier alpha value is -2.62. The van der Waals surface area contributed by atoms with E-state index in [1.807, 2.05) is 6.92 Å². The fourth-order valence-corrected chi connectivity index (χ4v) is 4.33. The van der Waals surface area contributed by atoms with Crippen LogP contribution in [0.4, 0.5) is 11.4 Å². The quantitative estimate of drug-likeness (QED) is 0.458. The molecule has 0 aromatic heterocycles. The third kappa shape index (κ3) is 2.44. The van der Waals surface area contributed by atoms with E-state index in [1.54, 1.807) is 6.07 Å². The summed E-state index contributed by atoms with van der Waals surface area (Å²) in [6, 6.07) is 10.3. The third-order valence-electron chi connectivity index (χ3n) is 5.78. The molecule has 0 saturated carbocycles. The van der Waals surface area contributed by atoms with Crippen molar-refractivity contribution in [3.8, 4) is 0 Å². The second kappa shape index (κ2) is 5.73. The van der Waals surface area contributed by atoms with Crippen molar-refractivity contribution in [1.82, 2.24) is 0 Å². The SMILES string of the molecule is Cc1ccc([C@H]2Nc3c([N+](=O)[O-])cc(C)c(C)c3[C@@H]3C=CC[C@H]23)cc1. The molecule has 25 heavy (non-hydrogen) atoms. The summed E-state index contributed by atoms with van der Waals surface area (Å²) >= 11 is 0. The molecule has 2 aliphatic rings. The van der Waals surface area contributed by atoms with E-state index < -0.39 is 0 Å². The van der Waals surface area contributed by atoms with Gasteiger partial charge in [-0.1, -0.05) is 42.0 Å². The molecular weight excluding hydrogens is 312 g/mol. The van der Waals surface area contributed by atoms with Crippen LogP contribution in [0, 0.1) is 36.8 Å². The van der Waals surface area contributed by atoms with Gasteiger partial charge in [0.1, 0.15) is 5.69 Å². The minimum atomic E-state index is -0.260. The summed E-state index contributed by atoms with van der Waals surface area (Å²) in [5.74, 6) is 0.636. The zero-order valence-electron chi connectivity index (χ0n) is 14.7. The highest BCUT2D eigenvalue weighted by atomic mass is 16.6. The van der Waals surface area contributed by atoms with Crippen molar-refractivity contribution in [2.24, 2.45) is 5.92 Å². The molecule has 0 radical (unpaired) electrons. The smallest absolute Gasteiger partial charge is 0.292 e. The van der Waals surface area contributed by atoms with Gasteiger partial charge in [0.2, 0.25) is 0 Å². The van der Waals surface area contributed by atoms with Crippen molar-refractivity contribution in [3.63, 3.8) is 0 Å². The van der Waals surface area contributed by atoms with Gasteiger partial charge in [0.15, 0.2) is 0 Å². The lowest BCUT2D eigenvalue weighted by Crippen LogP contribution is -2.30. The van der Waals surface area contributed by atoms with E-state index in [0.717, 1.165) is 23.1 Å². The minimum Gasteiger partial charge on any atom is -0.372 e. The number of rotatable bonds is 2. The van der Waals surface area contributed by atoms with Gasteiger partial charge in [-0.3, -0.25) is 10.1 Å². The van der Waals surface area contributed by atoms with Crippen LogP contribution in [0.2, 0.25) is 0 Å². The number of nitrogens with zero attached hydrogens (tertiary/aromatic N) is 1. The molecule has 0 unspecified atom stereocenters. The molecule has 3 atom stereocenters. The number of aryl methyl sites for hydroxylation is 2. The van der Waals surface area contributed by atoms with E-state index in [0.29, 0.717) is 11.6 Å². The van der Waals surface area contributed by atoms with Crippen LogP contribution in [-0.2, 0) is 0 Å². The maximum Gasteiger partial charge on any atom is 0.292 e. The lowest BCUT2D eigenvalue weighted by molar-refractivity contribution is -0.384. The Morgan fingerprint density at radius 1 is 1.16 bits per heavy atom.